The van der Waals surface area contributed by atoms with Crippen molar-refractivity contribution >= 4 is 37.8 Å². The number of nitrogens with zero attached hydrogens (tertiary/aromatic N) is 3. The number of halogens is 3. The van der Waals surface area contributed by atoms with Crippen LogP contribution in [0.1, 0.15) is 24.2 Å². The molecule has 0 aliphatic heterocycles. The minimum absolute atomic E-state index is 0.0725. The standard InChI is InChI=1S/C24H26F3N5O3S/c1-35-14-11-20-31-21-22(18-9-2-3-10-19(18)30-23(21)28)32(20)13-5-4-12-29-36(33,34)17-8-6-7-16(15-17)24(25,26)27/h2-3,6-10,15,29H,4-5,11-14H2,1H3,(H2,28,30). The molecule has 0 unspecified atom stereocenters. The molecule has 2 aromatic heterocycles. The first-order valence-electron chi connectivity index (χ1n) is 11.3. The summed E-state index contributed by atoms with van der Waals surface area (Å²) in [5.41, 5.74) is 7.38. The number of pyridine rings is 1. The van der Waals surface area contributed by atoms with Crippen molar-refractivity contribution in [2.75, 3.05) is 26.0 Å². The number of benzene rings is 2. The van der Waals surface area contributed by atoms with Crippen LogP contribution in [0.4, 0.5) is 19.0 Å². The first-order chi connectivity index (χ1) is 17.1. The van der Waals surface area contributed by atoms with Gasteiger partial charge in [-0.05, 0) is 37.1 Å². The number of rotatable bonds is 10. The molecule has 0 fully saturated rings. The lowest BCUT2D eigenvalue weighted by molar-refractivity contribution is -0.137. The second-order valence-electron chi connectivity index (χ2n) is 8.26. The van der Waals surface area contributed by atoms with E-state index < -0.39 is 26.7 Å². The highest BCUT2D eigenvalue weighted by atomic mass is 32.2. The van der Waals surface area contributed by atoms with Crippen LogP contribution in [0.25, 0.3) is 21.9 Å². The van der Waals surface area contributed by atoms with Gasteiger partial charge < -0.3 is 15.0 Å². The smallest absolute Gasteiger partial charge is 0.384 e. The topological polar surface area (TPSA) is 112 Å². The summed E-state index contributed by atoms with van der Waals surface area (Å²) < 4.78 is 73.5. The number of hydrogen-bond acceptors (Lipinski definition) is 6. The average molecular weight is 522 g/mol. The number of fused-ring (bicyclic) bond motifs is 3. The van der Waals surface area contributed by atoms with Crippen molar-refractivity contribution in [3.8, 4) is 0 Å². The Balaban J connectivity index is 1.49. The zero-order valence-electron chi connectivity index (χ0n) is 19.5. The molecule has 0 radical (unpaired) electrons. The lowest BCUT2D eigenvalue weighted by atomic mass is 10.2. The van der Waals surface area contributed by atoms with Gasteiger partial charge in [0.2, 0.25) is 10.0 Å². The van der Waals surface area contributed by atoms with Crippen LogP contribution in [-0.4, -0.2) is 43.2 Å². The number of anilines is 1. The third-order valence-corrected chi connectivity index (χ3v) is 7.25. The van der Waals surface area contributed by atoms with Gasteiger partial charge in [0.1, 0.15) is 11.3 Å². The highest BCUT2D eigenvalue weighted by Gasteiger charge is 2.31. The first kappa shape index (κ1) is 25.9. The molecule has 0 saturated heterocycles. The molecule has 0 aliphatic rings. The number of nitrogens with one attached hydrogen (secondary N) is 1. The average Bonchev–Trinajstić information content (AvgIpc) is 3.21. The van der Waals surface area contributed by atoms with Crippen LogP contribution in [0.2, 0.25) is 0 Å². The van der Waals surface area contributed by atoms with Crippen LogP contribution in [0, 0.1) is 0 Å². The summed E-state index contributed by atoms with van der Waals surface area (Å²) in [6.07, 6.45) is -3.02. The van der Waals surface area contributed by atoms with Crippen molar-refractivity contribution in [1.29, 1.82) is 0 Å². The zero-order chi connectivity index (χ0) is 25.9. The number of ether oxygens (including phenoxy) is 1. The number of aromatic nitrogens is 3. The van der Waals surface area contributed by atoms with Crippen molar-refractivity contribution in [2.24, 2.45) is 0 Å². The molecular weight excluding hydrogens is 495 g/mol. The Hall–Kier alpha value is -3.22. The summed E-state index contributed by atoms with van der Waals surface area (Å²) in [5, 5.41) is 0.906. The number of imidazole rings is 1. The van der Waals surface area contributed by atoms with Gasteiger partial charge in [0.25, 0.3) is 0 Å². The molecule has 0 atom stereocenters. The molecule has 3 N–H and O–H groups in total. The van der Waals surface area contributed by atoms with E-state index in [2.05, 4.69) is 14.3 Å². The van der Waals surface area contributed by atoms with E-state index in [-0.39, 0.29) is 6.54 Å². The lowest BCUT2D eigenvalue weighted by Crippen LogP contribution is -2.25. The van der Waals surface area contributed by atoms with Crippen LogP contribution in [0.3, 0.4) is 0 Å². The van der Waals surface area contributed by atoms with Crippen LogP contribution < -0.4 is 10.5 Å². The maximum Gasteiger partial charge on any atom is 0.416 e. The largest absolute Gasteiger partial charge is 0.416 e. The van der Waals surface area contributed by atoms with Gasteiger partial charge in [0.15, 0.2) is 5.82 Å². The Morgan fingerprint density at radius 2 is 1.86 bits per heavy atom. The second-order valence-corrected chi connectivity index (χ2v) is 10.0. The van der Waals surface area contributed by atoms with E-state index >= 15 is 0 Å². The minimum atomic E-state index is -4.62. The fourth-order valence-electron chi connectivity index (χ4n) is 4.05. The highest BCUT2D eigenvalue weighted by Crippen LogP contribution is 2.31. The number of para-hydroxylation sites is 1. The number of aryl methyl sites for hydroxylation is 1. The summed E-state index contributed by atoms with van der Waals surface area (Å²) >= 11 is 0. The molecule has 8 nitrogen and oxygen atoms in total. The van der Waals surface area contributed by atoms with E-state index in [4.69, 9.17) is 15.5 Å². The van der Waals surface area contributed by atoms with E-state index in [1.165, 1.54) is 0 Å². The van der Waals surface area contributed by atoms with Crippen LogP contribution in [-0.2, 0) is 33.9 Å². The molecule has 0 bridgehead atoms. The number of unbranched alkanes of at least 4 members (excludes halogenated alkanes) is 1. The number of methoxy groups -OCH3 is 1. The van der Waals surface area contributed by atoms with E-state index in [0.29, 0.717) is 49.8 Å². The molecule has 4 aromatic rings. The summed E-state index contributed by atoms with van der Waals surface area (Å²) in [4.78, 5) is 8.72. The maximum absolute atomic E-state index is 12.9. The SMILES string of the molecule is COCCc1nc2c(N)nc3ccccc3c2n1CCCCNS(=O)(=O)c1cccc(C(F)(F)F)c1. The Morgan fingerprint density at radius 1 is 1.08 bits per heavy atom. The minimum Gasteiger partial charge on any atom is -0.384 e. The molecule has 0 amide bonds. The summed E-state index contributed by atoms with van der Waals surface area (Å²) in [6, 6.07) is 11.3. The van der Waals surface area contributed by atoms with Gasteiger partial charge in [0, 0.05) is 32.0 Å². The molecule has 12 heteroatoms. The van der Waals surface area contributed by atoms with Crippen molar-refractivity contribution in [1.82, 2.24) is 19.3 Å². The van der Waals surface area contributed by atoms with Gasteiger partial charge in [-0.2, -0.15) is 13.2 Å². The van der Waals surface area contributed by atoms with Crippen LogP contribution in [0.5, 0.6) is 0 Å². The first-order valence-corrected chi connectivity index (χ1v) is 12.8. The molecule has 36 heavy (non-hydrogen) atoms. The fourth-order valence-corrected chi connectivity index (χ4v) is 5.17. The molecule has 4 rings (SSSR count). The van der Waals surface area contributed by atoms with Gasteiger partial charge in [-0.1, -0.05) is 24.3 Å². The molecule has 0 saturated carbocycles. The van der Waals surface area contributed by atoms with E-state index in [0.717, 1.165) is 40.4 Å². The van der Waals surface area contributed by atoms with E-state index in [1.807, 2.05) is 24.3 Å². The second kappa shape index (κ2) is 10.4. The predicted octanol–water partition coefficient (Wildman–Crippen LogP) is 4.13. The monoisotopic (exact) mass is 521 g/mol. The van der Waals surface area contributed by atoms with E-state index in [1.54, 1.807) is 7.11 Å². The number of alkyl halides is 3. The summed E-state index contributed by atoms with van der Waals surface area (Å²) in [6.45, 7) is 1.07. The van der Waals surface area contributed by atoms with Gasteiger partial charge in [-0.25, -0.2) is 23.1 Å². The number of sulfonamides is 1. The molecule has 192 valence electrons. The zero-order valence-corrected chi connectivity index (χ0v) is 20.4. The Labute approximate surface area is 206 Å². The van der Waals surface area contributed by atoms with Crippen LogP contribution in [0.15, 0.2) is 53.4 Å². The van der Waals surface area contributed by atoms with Gasteiger partial charge in [0.05, 0.1) is 28.1 Å². The molecule has 0 aliphatic carbocycles. The molecule has 2 heterocycles. The maximum atomic E-state index is 12.9. The quantitative estimate of drug-likeness (QED) is 0.304. The summed E-state index contributed by atoms with van der Waals surface area (Å²) in [5.74, 6) is 1.11. The van der Waals surface area contributed by atoms with Crippen LogP contribution >= 0.6 is 0 Å². The lowest BCUT2D eigenvalue weighted by Gasteiger charge is -2.12. The predicted molar refractivity (Wildman–Crippen MR) is 131 cm³/mol. The van der Waals surface area contributed by atoms with Crippen molar-refractivity contribution in [2.45, 2.75) is 36.9 Å². The molecular formula is C24H26F3N5O3S. The number of nitrogens with two attached hydrogens (primary N) is 1. The Bertz CT molecular complexity index is 1490. The van der Waals surface area contributed by atoms with E-state index in [9.17, 15) is 21.6 Å². The van der Waals surface area contributed by atoms with Gasteiger partial charge >= 0.3 is 6.18 Å². The van der Waals surface area contributed by atoms with Crippen molar-refractivity contribution in [3.63, 3.8) is 0 Å². The van der Waals surface area contributed by atoms with Gasteiger partial charge in [-0.15, -0.1) is 0 Å². The summed E-state index contributed by atoms with van der Waals surface area (Å²) in [7, 11) is -2.47. The highest BCUT2D eigenvalue weighted by molar-refractivity contribution is 7.89. The fraction of sp³-hybridized carbons (Fsp3) is 0.333. The molecule has 2 aromatic carbocycles. The third kappa shape index (κ3) is 5.45. The van der Waals surface area contributed by atoms with Crippen molar-refractivity contribution in [3.05, 3.63) is 59.9 Å². The Morgan fingerprint density at radius 3 is 2.61 bits per heavy atom. The molecule has 0 spiro atoms. The van der Waals surface area contributed by atoms with Crippen molar-refractivity contribution < 1.29 is 26.3 Å². The number of hydrogen-bond donors (Lipinski definition) is 2. The normalized spacial score (nSPS) is 12.6. The third-order valence-electron chi connectivity index (χ3n) is 5.79. The Kier molecular flexibility index (Phi) is 7.48. The van der Waals surface area contributed by atoms with Gasteiger partial charge in [-0.3, -0.25) is 0 Å². The number of nitrogen functional groups attached to an aromatic ring is 1.